The third-order valence-corrected chi connectivity index (χ3v) is 5.06. The Labute approximate surface area is 111 Å². The molecule has 5 heteroatoms. The van der Waals surface area contributed by atoms with Gasteiger partial charge in [-0.1, -0.05) is 19.4 Å². The van der Waals surface area contributed by atoms with Crippen LogP contribution in [0.25, 0.3) is 0 Å². The normalized spacial score (nSPS) is 19.6. The molecule has 1 unspecified atom stereocenters. The Morgan fingerprint density at radius 3 is 3.24 bits per heavy atom. The molecule has 1 aromatic rings. The van der Waals surface area contributed by atoms with E-state index < -0.39 is 0 Å². The van der Waals surface area contributed by atoms with Crippen LogP contribution in [0, 0.1) is 0 Å². The quantitative estimate of drug-likeness (QED) is 0.851. The maximum absolute atomic E-state index is 12.0. The van der Waals surface area contributed by atoms with Crippen molar-refractivity contribution in [2.75, 3.05) is 18.8 Å². The zero-order valence-corrected chi connectivity index (χ0v) is 11.6. The summed E-state index contributed by atoms with van der Waals surface area (Å²) in [5.41, 5.74) is 0. The Morgan fingerprint density at radius 2 is 2.53 bits per heavy atom. The lowest BCUT2D eigenvalue weighted by atomic mass is 10.3. The Bertz CT molecular complexity index is 353. The molecule has 1 saturated heterocycles. The fourth-order valence-corrected chi connectivity index (χ4v) is 4.05. The fourth-order valence-electron chi connectivity index (χ4n) is 1.82. The first-order valence-corrected chi connectivity index (χ1v) is 7.95. The summed E-state index contributed by atoms with van der Waals surface area (Å²) in [5.74, 6) is 1.03. The molecule has 0 spiro atoms. The zero-order chi connectivity index (χ0) is 12.1. The van der Waals surface area contributed by atoms with Crippen LogP contribution < -0.4 is 5.32 Å². The van der Waals surface area contributed by atoms with Crippen molar-refractivity contribution in [3.05, 3.63) is 22.4 Å². The third kappa shape index (κ3) is 3.16. The molecular weight excluding hydrogens is 252 g/mol. The highest BCUT2D eigenvalue weighted by atomic mass is 32.2. The molecule has 0 aliphatic carbocycles. The molecule has 1 atom stereocenters. The van der Waals surface area contributed by atoms with Gasteiger partial charge in [-0.05, 0) is 17.9 Å². The smallest absolute Gasteiger partial charge is 0.318 e. The average Bonchev–Trinajstić information content (AvgIpc) is 2.99. The van der Waals surface area contributed by atoms with E-state index in [4.69, 9.17) is 0 Å². The first-order chi connectivity index (χ1) is 8.33. The van der Waals surface area contributed by atoms with Crippen LogP contribution in [0.1, 0.15) is 30.0 Å². The highest BCUT2D eigenvalue weighted by Gasteiger charge is 2.30. The van der Waals surface area contributed by atoms with Gasteiger partial charge in [-0.3, -0.25) is 0 Å². The van der Waals surface area contributed by atoms with E-state index in [0.29, 0.717) is 0 Å². The predicted octanol–water partition coefficient (Wildman–Crippen LogP) is 3.31. The molecule has 0 bridgehead atoms. The summed E-state index contributed by atoms with van der Waals surface area (Å²) in [5, 5.41) is 5.29. The number of urea groups is 1. The summed E-state index contributed by atoms with van der Waals surface area (Å²) in [6.45, 7) is 3.77. The van der Waals surface area contributed by atoms with Crippen LogP contribution in [0.2, 0.25) is 0 Å². The molecule has 1 aromatic heterocycles. The van der Waals surface area contributed by atoms with Crippen molar-refractivity contribution in [3.8, 4) is 0 Å². The average molecular weight is 270 g/mol. The number of carbonyl (C=O) groups is 1. The largest absolute Gasteiger partial charge is 0.338 e. The molecule has 1 N–H and O–H groups in total. The summed E-state index contributed by atoms with van der Waals surface area (Å²) in [4.78, 5) is 15.3. The monoisotopic (exact) mass is 270 g/mol. The van der Waals surface area contributed by atoms with Gasteiger partial charge in [0.25, 0.3) is 0 Å². The van der Waals surface area contributed by atoms with E-state index in [1.54, 1.807) is 11.3 Å². The molecule has 0 aromatic carbocycles. The minimum absolute atomic E-state index is 0.0850. The lowest BCUT2D eigenvalue weighted by Crippen LogP contribution is -2.39. The van der Waals surface area contributed by atoms with Crippen molar-refractivity contribution in [2.24, 2.45) is 0 Å². The second kappa shape index (κ2) is 6.31. The highest BCUT2D eigenvalue weighted by Crippen LogP contribution is 2.39. The van der Waals surface area contributed by atoms with E-state index in [9.17, 15) is 4.79 Å². The fraction of sp³-hybridized carbons (Fsp3) is 0.583. The van der Waals surface area contributed by atoms with Crippen LogP contribution in [-0.2, 0) is 0 Å². The lowest BCUT2D eigenvalue weighted by molar-refractivity contribution is 0.200. The van der Waals surface area contributed by atoms with Gasteiger partial charge in [0, 0.05) is 23.7 Å². The van der Waals surface area contributed by atoms with Gasteiger partial charge in [-0.15, -0.1) is 23.1 Å². The third-order valence-electron chi connectivity index (χ3n) is 2.74. The Hall–Kier alpha value is -0.680. The second-order valence-corrected chi connectivity index (χ2v) is 6.18. The maximum atomic E-state index is 12.0. The number of hydrogen-bond donors (Lipinski definition) is 1. The van der Waals surface area contributed by atoms with Crippen LogP contribution >= 0.6 is 23.1 Å². The van der Waals surface area contributed by atoms with Crippen molar-refractivity contribution < 1.29 is 4.79 Å². The van der Waals surface area contributed by atoms with Gasteiger partial charge in [-0.25, -0.2) is 4.79 Å². The van der Waals surface area contributed by atoms with Gasteiger partial charge < -0.3 is 10.2 Å². The number of hydrogen-bond acceptors (Lipinski definition) is 3. The minimum Gasteiger partial charge on any atom is -0.338 e. The van der Waals surface area contributed by atoms with Crippen LogP contribution in [0.15, 0.2) is 17.5 Å². The summed E-state index contributed by atoms with van der Waals surface area (Å²) in [6.07, 6.45) is 2.17. The molecule has 1 fully saturated rings. The van der Waals surface area contributed by atoms with Gasteiger partial charge >= 0.3 is 6.03 Å². The van der Waals surface area contributed by atoms with Gasteiger partial charge in [0.2, 0.25) is 0 Å². The van der Waals surface area contributed by atoms with Crippen molar-refractivity contribution >= 4 is 29.1 Å². The van der Waals surface area contributed by atoms with Crippen molar-refractivity contribution in [1.29, 1.82) is 0 Å². The maximum Gasteiger partial charge on any atom is 0.318 e. The molecule has 2 heterocycles. The van der Waals surface area contributed by atoms with Crippen molar-refractivity contribution in [2.45, 2.75) is 25.1 Å². The summed E-state index contributed by atoms with van der Waals surface area (Å²) < 4.78 is 0. The second-order valence-electron chi connectivity index (χ2n) is 4.02. The summed E-state index contributed by atoms with van der Waals surface area (Å²) >= 11 is 3.58. The number of rotatable bonds is 4. The predicted molar refractivity (Wildman–Crippen MR) is 74.5 cm³/mol. The van der Waals surface area contributed by atoms with Gasteiger partial charge in [0.15, 0.2) is 0 Å². The van der Waals surface area contributed by atoms with Crippen LogP contribution in [0.3, 0.4) is 0 Å². The van der Waals surface area contributed by atoms with E-state index in [1.165, 1.54) is 4.88 Å². The molecule has 94 valence electrons. The van der Waals surface area contributed by atoms with Crippen LogP contribution in [0.5, 0.6) is 0 Å². The molecule has 0 radical (unpaired) electrons. The summed E-state index contributed by atoms with van der Waals surface area (Å²) in [6, 6.07) is 4.24. The van der Waals surface area contributed by atoms with E-state index in [1.807, 2.05) is 22.7 Å². The Morgan fingerprint density at radius 1 is 1.65 bits per heavy atom. The number of nitrogens with zero attached hydrogens (tertiary/aromatic N) is 1. The van der Waals surface area contributed by atoms with Gasteiger partial charge in [0.05, 0.1) is 0 Å². The number of amides is 2. The van der Waals surface area contributed by atoms with E-state index in [2.05, 4.69) is 23.7 Å². The lowest BCUT2D eigenvalue weighted by Gasteiger charge is -2.23. The molecule has 1 aliphatic rings. The molecular formula is C12H18N2OS2. The van der Waals surface area contributed by atoms with Crippen LogP contribution in [0.4, 0.5) is 4.79 Å². The number of carbonyl (C=O) groups excluding carboxylic acids is 1. The topological polar surface area (TPSA) is 32.3 Å². The molecule has 17 heavy (non-hydrogen) atoms. The zero-order valence-electron chi connectivity index (χ0n) is 10.0. The molecule has 3 nitrogen and oxygen atoms in total. The Balaban J connectivity index is 1.93. The number of thiophene rings is 1. The molecule has 1 aliphatic heterocycles. The number of unbranched alkanes of at least 4 members (excludes halogenated alkanes) is 1. The van der Waals surface area contributed by atoms with E-state index >= 15 is 0 Å². The Kier molecular flexibility index (Phi) is 4.74. The first kappa shape index (κ1) is 12.8. The van der Waals surface area contributed by atoms with Crippen molar-refractivity contribution in [1.82, 2.24) is 10.2 Å². The number of nitrogens with one attached hydrogen (secondary N) is 1. The number of thioether (sulfide) groups is 1. The minimum atomic E-state index is 0.0850. The first-order valence-electron chi connectivity index (χ1n) is 6.02. The van der Waals surface area contributed by atoms with Crippen molar-refractivity contribution in [3.63, 3.8) is 0 Å². The molecule has 2 rings (SSSR count). The van der Waals surface area contributed by atoms with E-state index in [-0.39, 0.29) is 11.4 Å². The molecule has 0 saturated carbocycles. The standard InChI is InChI=1S/C12H18N2OS2/c1-2-3-6-13-12(15)14-7-9-17-11(14)10-5-4-8-16-10/h4-5,8,11H,2-3,6-7,9H2,1H3,(H,13,15). The van der Waals surface area contributed by atoms with Gasteiger partial charge in [0.1, 0.15) is 5.37 Å². The molecule has 2 amide bonds. The van der Waals surface area contributed by atoms with Crippen LogP contribution in [-0.4, -0.2) is 29.8 Å². The van der Waals surface area contributed by atoms with Gasteiger partial charge in [-0.2, -0.15) is 0 Å². The highest BCUT2D eigenvalue weighted by molar-refractivity contribution is 7.99. The SMILES string of the molecule is CCCCNC(=O)N1CCSC1c1cccs1. The summed E-state index contributed by atoms with van der Waals surface area (Å²) in [7, 11) is 0. The van der Waals surface area contributed by atoms with E-state index in [0.717, 1.165) is 31.7 Å².